The Hall–Kier alpha value is -2.99. The number of amides is 1. The highest BCUT2D eigenvalue weighted by Gasteiger charge is 2.14. The number of aliphatic hydroxyl groups excluding tert-OH is 1. The molecule has 2 aromatic carbocycles. The summed E-state index contributed by atoms with van der Waals surface area (Å²) in [7, 11) is 4.76. The molecule has 0 aromatic heterocycles. The van der Waals surface area contributed by atoms with Crippen molar-refractivity contribution < 1.29 is 24.1 Å². The van der Waals surface area contributed by atoms with Gasteiger partial charge >= 0.3 is 0 Å². The Morgan fingerprint density at radius 2 is 1.67 bits per heavy atom. The predicted molar refractivity (Wildman–Crippen MR) is 104 cm³/mol. The summed E-state index contributed by atoms with van der Waals surface area (Å²) >= 11 is 0. The van der Waals surface area contributed by atoms with E-state index < -0.39 is 0 Å². The Bertz CT molecular complexity index is 771. The summed E-state index contributed by atoms with van der Waals surface area (Å²) in [4.78, 5) is 14.2. The zero-order valence-corrected chi connectivity index (χ0v) is 15.8. The zero-order chi connectivity index (χ0) is 19.6. The predicted octanol–water partition coefficient (Wildman–Crippen LogP) is 2.75. The molecule has 27 heavy (non-hydrogen) atoms. The third-order valence-electron chi connectivity index (χ3n) is 4.07. The van der Waals surface area contributed by atoms with E-state index in [1.165, 1.54) is 6.08 Å². The van der Waals surface area contributed by atoms with Crippen LogP contribution in [-0.2, 0) is 11.3 Å². The van der Waals surface area contributed by atoms with Crippen LogP contribution in [0.2, 0.25) is 0 Å². The van der Waals surface area contributed by atoms with Gasteiger partial charge in [0, 0.05) is 30.8 Å². The second-order valence-electron chi connectivity index (χ2n) is 5.77. The minimum absolute atomic E-state index is 0.124. The molecule has 0 heterocycles. The van der Waals surface area contributed by atoms with E-state index >= 15 is 0 Å². The Labute approximate surface area is 159 Å². The van der Waals surface area contributed by atoms with Crippen molar-refractivity contribution in [2.75, 3.05) is 34.5 Å². The Balaban J connectivity index is 2.13. The normalized spacial score (nSPS) is 10.7. The first-order valence-corrected chi connectivity index (χ1v) is 8.54. The molecule has 2 rings (SSSR count). The van der Waals surface area contributed by atoms with Crippen LogP contribution in [0.4, 0.5) is 0 Å². The van der Waals surface area contributed by atoms with E-state index in [-0.39, 0.29) is 19.1 Å². The number of methoxy groups -OCH3 is 3. The molecule has 0 aliphatic carbocycles. The van der Waals surface area contributed by atoms with Crippen LogP contribution in [0.25, 0.3) is 6.08 Å². The molecule has 0 saturated heterocycles. The number of carbonyl (C=O) groups is 1. The Morgan fingerprint density at radius 1 is 1.00 bits per heavy atom. The Morgan fingerprint density at radius 3 is 2.26 bits per heavy atom. The number of rotatable bonds is 9. The third kappa shape index (κ3) is 5.76. The van der Waals surface area contributed by atoms with Crippen molar-refractivity contribution in [3.8, 4) is 17.2 Å². The number of hydrogen-bond acceptors (Lipinski definition) is 5. The van der Waals surface area contributed by atoms with Crippen molar-refractivity contribution in [1.29, 1.82) is 0 Å². The maximum Gasteiger partial charge on any atom is 0.246 e. The minimum atomic E-state index is -0.197. The highest BCUT2D eigenvalue weighted by molar-refractivity contribution is 5.91. The maximum absolute atomic E-state index is 12.6. The van der Waals surface area contributed by atoms with Crippen LogP contribution < -0.4 is 14.2 Å². The molecule has 2 aromatic rings. The zero-order valence-electron chi connectivity index (χ0n) is 15.8. The summed E-state index contributed by atoms with van der Waals surface area (Å²) in [6, 6.07) is 12.8. The molecule has 0 spiro atoms. The molecule has 0 saturated carbocycles. The van der Waals surface area contributed by atoms with Crippen molar-refractivity contribution in [2.45, 2.75) is 6.54 Å². The van der Waals surface area contributed by atoms with Crippen LogP contribution in [-0.4, -0.2) is 50.4 Å². The molecule has 1 amide bonds. The van der Waals surface area contributed by atoms with Gasteiger partial charge < -0.3 is 24.2 Å². The van der Waals surface area contributed by atoms with Gasteiger partial charge in [-0.3, -0.25) is 4.79 Å². The minimum Gasteiger partial charge on any atom is -0.497 e. The van der Waals surface area contributed by atoms with Gasteiger partial charge in [-0.25, -0.2) is 0 Å². The molecule has 6 heteroatoms. The van der Waals surface area contributed by atoms with Gasteiger partial charge in [0.15, 0.2) is 0 Å². The van der Waals surface area contributed by atoms with E-state index in [2.05, 4.69) is 0 Å². The van der Waals surface area contributed by atoms with E-state index in [1.807, 2.05) is 36.4 Å². The fourth-order valence-electron chi connectivity index (χ4n) is 2.56. The van der Waals surface area contributed by atoms with Crippen molar-refractivity contribution in [2.24, 2.45) is 0 Å². The molecule has 0 radical (unpaired) electrons. The Kier molecular flexibility index (Phi) is 7.70. The van der Waals surface area contributed by atoms with E-state index in [0.717, 1.165) is 16.9 Å². The number of aliphatic hydroxyl groups is 1. The molecule has 0 atom stereocenters. The van der Waals surface area contributed by atoms with Crippen LogP contribution >= 0.6 is 0 Å². The first-order chi connectivity index (χ1) is 13.1. The summed E-state index contributed by atoms with van der Waals surface area (Å²) in [5, 5.41) is 9.33. The topological polar surface area (TPSA) is 68.2 Å². The lowest BCUT2D eigenvalue weighted by atomic mass is 10.1. The van der Waals surface area contributed by atoms with Gasteiger partial charge in [0.1, 0.15) is 17.2 Å². The second kappa shape index (κ2) is 10.2. The molecule has 0 bridgehead atoms. The van der Waals surface area contributed by atoms with E-state index in [4.69, 9.17) is 14.2 Å². The van der Waals surface area contributed by atoms with E-state index in [9.17, 15) is 9.90 Å². The van der Waals surface area contributed by atoms with Crippen LogP contribution in [0.3, 0.4) is 0 Å². The number of carbonyl (C=O) groups excluding carboxylic acids is 1. The summed E-state index contributed by atoms with van der Waals surface area (Å²) in [6.45, 7) is 0.418. The largest absolute Gasteiger partial charge is 0.497 e. The molecule has 1 N–H and O–H groups in total. The molecule has 6 nitrogen and oxygen atoms in total. The lowest BCUT2D eigenvalue weighted by molar-refractivity contribution is -0.127. The molecule has 144 valence electrons. The van der Waals surface area contributed by atoms with Crippen LogP contribution in [0, 0.1) is 0 Å². The first kappa shape index (κ1) is 20.3. The molecular weight excluding hydrogens is 346 g/mol. The summed E-state index contributed by atoms with van der Waals surface area (Å²) in [5.41, 5.74) is 1.72. The number of benzene rings is 2. The van der Waals surface area contributed by atoms with E-state index in [0.29, 0.717) is 18.0 Å². The SMILES string of the molecule is COc1ccc(/C=C\C(=O)N(CCO)Cc2ccc(OC)cc2OC)cc1. The average Bonchev–Trinajstić information content (AvgIpc) is 2.72. The lowest BCUT2D eigenvalue weighted by Crippen LogP contribution is -2.31. The maximum atomic E-state index is 12.6. The van der Waals surface area contributed by atoms with Gasteiger partial charge in [-0.1, -0.05) is 12.1 Å². The average molecular weight is 371 g/mol. The molecule has 0 unspecified atom stereocenters. The molecule has 0 fully saturated rings. The van der Waals surface area contributed by atoms with Crippen molar-refractivity contribution in [1.82, 2.24) is 4.90 Å². The smallest absolute Gasteiger partial charge is 0.246 e. The molecule has 0 aliphatic rings. The van der Waals surface area contributed by atoms with Crippen molar-refractivity contribution in [3.05, 3.63) is 59.7 Å². The number of ether oxygens (including phenoxy) is 3. The summed E-state index contributed by atoms with van der Waals surface area (Å²) in [6.07, 6.45) is 3.23. The first-order valence-electron chi connectivity index (χ1n) is 8.54. The highest BCUT2D eigenvalue weighted by atomic mass is 16.5. The summed E-state index contributed by atoms with van der Waals surface area (Å²) in [5.74, 6) is 1.86. The lowest BCUT2D eigenvalue weighted by Gasteiger charge is -2.22. The van der Waals surface area contributed by atoms with Gasteiger partial charge in [-0.15, -0.1) is 0 Å². The highest BCUT2D eigenvalue weighted by Crippen LogP contribution is 2.25. The van der Waals surface area contributed by atoms with Crippen LogP contribution in [0.1, 0.15) is 11.1 Å². The van der Waals surface area contributed by atoms with Crippen molar-refractivity contribution in [3.63, 3.8) is 0 Å². The van der Waals surface area contributed by atoms with Gasteiger partial charge in [0.05, 0.1) is 27.9 Å². The molecule has 0 aliphatic heterocycles. The van der Waals surface area contributed by atoms with Gasteiger partial charge in [0.25, 0.3) is 0 Å². The van der Waals surface area contributed by atoms with Crippen molar-refractivity contribution >= 4 is 12.0 Å². The number of hydrogen-bond donors (Lipinski definition) is 1. The van der Waals surface area contributed by atoms with Gasteiger partial charge in [-0.05, 0) is 35.9 Å². The van der Waals surface area contributed by atoms with E-state index in [1.54, 1.807) is 38.4 Å². The van der Waals surface area contributed by atoms with Gasteiger partial charge in [0.2, 0.25) is 5.91 Å². The van der Waals surface area contributed by atoms with Gasteiger partial charge in [-0.2, -0.15) is 0 Å². The quantitative estimate of drug-likeness (QED) is 0.687. The monoisotopic (exact) mass is 371 g/mol. The fraction of sp³-hybridized carbons (Fsp3) is 0.286. The third-order valence-corrected chi connectivity index (χ3v) is 4.07. The second-order valence-corrected chi connectivity index (χ2v) is 5.77. The number of nitrogens with zero attached hydrogens (tertiary/aromatic N) is 1. The molecular formula is C21H25NO5. The summed E-state index contributed by atoms with van der Waals surface area (Å²) < 4.78 is 15.7. The van der Waals surface area contributed by atoms with Crippen LogP contribution in [0.5, 0.6) is 17.2 Å². The fourth-order valence-corrected chi connectivity index (χ4v) is 2.56. The standard InChI is InChI=1S/C21H25NO5/c1-25-18-8-4-16(5-9-18)6-11-21(24)22(12-13-23)15-17-7-10-19(26-2)14-20(17)27-3/h4-11,14,23H,12-13,15H2,1-3H3/b11-6-. The van der Waals surface area contributed by atoms with Crippen LogP contribution in [0.15, 0.2) is 48.5 Å².